The van der Waals surface area contributed by atoms with Crippen molar-refractivity contribution >= 4 is 11.9 Å². The third-order valence-electron chi connectivity index (χ3n) is 3.00. The van der Waals surface area contributed by atoms with Gasteiger partial charge in [-0.1, -0.05) is 30.3 Å². The molecule has 0 saturated carbocycles. The highest BCUT2D eigenvalue weighted by Crippen LogP contribution is 2.06. The van der Waals surface area contributed by atoms with Crippen LogP contribution in [0.1, 0.15) is 15.9 Å². The van der Waals surface area contributed by atoms with Crippen molar-refractivity contribution in [3.8, 4) is 0 Å². The number of nitrogens with zero attached hydrogens (tertiary/aromatic N) is 1. The van der Waals surface area contributed by atoms with E-state index in [0.717, 1.165) is 5.56 Å². The number of hydrogen-bond donors (Lipinski definition) is 1. The first-order chi connectivity index (χ1) is 10.2. The van der Waals surface area contributed by atoms with Gasteiger partial charge in [0.2, 0.25) is 0 Å². The molecule has 0 bridgehead atoms. The number of rotatable bonds is 5. The number of carbonyl (C=O) groups is 2. The highest BCUT2D eigenvalue weighted by Gasteiger charge is 2.22. The first-order valence-electron chi connectivity index (χ1n) is 6.53. The number of pyridine rings is 1. The van der Waals surface area contributed by atoms with Gasteiger partial charge in [0.25, 0.3) is 5.91 Å². The highest BCUT2D eigenvalue weighted by atomic mass is 16.5. The maximum absolute atomic E-state index is 12.1. The molecule has 1 aromatic carbocycles. The Morgan fingerprint density at radius 3 is 2.57 bits per heavy atom. The number of carbonyl (C=O) groups excluding carboxylic acids is 2. The van der Waals surface area contributed by atoms with Gasteiger partial charge in [-0.05, 0) is 17.7 Å². The van der Waals surface area contributed by atoms with Gasteiger partial charge >= 0.3 is 5.97 Å². The first-order valence-corrected chi connectivity index (χ1v) is 6.53. The molecule has 2 aromatic rings. The van der Waals surface area contributed by atoms with Crippen molar-refractivity contribution in [2.45, 2.75) is 12.5 Å². The molecule has 0 aliphatic rings. The second-order valence-corrected chi connectivity index (χ2v) is 4.48. The molecule has 21 heavy (non-hydrogen) atoms. The van der Waals surface area contributed by atoms with Crippen LogP contribution in [0.15, 0.2) is 54.9 Å². The topological polar surface area (TPSA) is 68.3 Å². The molecule has 0 radical (unpaired) electrons. The molecule has 2 rings (SSSR count). The Bertz CT molecular complexity index is 599. The van der Waals surface area contributed by atoms with Crippen molar-refractivity contribution in [3.05, 3.63) is 66.0 Å². The summed E-state index contributed by atoms with van der Waals surface area (Å²) in [7, 11) is 1.30. The fourth-order valence-corrected chi connectivity index (χ4v) is 1.92. The molecule has 1 atom stereocenters. The lowest BCUT2D eigenvalue weighted by Gasteiger charge is -2.16. The van der Waals surface area contributed by atoms with E-state index in [4.69, 9.17) is 4.74 Å². The van der Waals surface area contributed by atoms with Crippen molar-refractivity contribution < 1.29 is 14.3 Å². The molecule has 1 N–H and O–H groups in total. The number of ether oxygens (including phenoxy) is 1. The standard InChI is InChI=1S/C16H16N2O3/c1-21-16(20)14(10-12-6-3-2-4-7-12)18-15(19)13-8-5-9-17-11-13/h2-9,11,14H,10H2,1H3,(H,18,19)/t14-/m1/s1. The maximum atomic E-state index is 12.1. The van der Waals surface area contributed by atoms with Gasteiger partial charge in [0.05, 0.1) is 12.7 Å². The van der Waals surface area contributed by atoms with Crippen LogP contribution < -0.4 is 5.32 Å². The first kappa shape index (κ1) is 14.7. The normalized spacial score (nSPS) is 11.5. The molecular weight excluding hydrogens is 268 g/mol. The number of benzene rings is 1. The van der Waals surface area contributed by atoms with Gasteiger partial charge in [0, 0.05) is 18.8 Å². The van der Waals surface area contributed by atoms with Gasteiger partial charge in [0.15, 0.2) is 0 Å². The van der Waals surface area contributed by atoms with E-state index in [1.54, 1.807) is 18.3 Å². The third kappa shape index (κ3) is 4.14. The largest absolute Gasteiger partial charge is 0.467 e. The fraction of sp³-hybridized carbons (Fsp3) is 0.188. The summed E-state index contributed by atoms with van der Waals surface area (Å²) in [6.45, 7) is 0. The average Bonchev–Trinajstić information content (AvgIpc) is 2.55. The molecular formula is C16H16N2O3. The number of aromatic nitrogens is 1. The molecule has 5 nitrogen and oxygen atoms in total. The summed E-state index contributed by atoms with van der Waals surface area (Å²) in [5.41, 5.74) is 1.35. The summed E-state index contributed by atoms with van der Waals surface area (Å²) in [5.74, 6) is -0.828. The molecule has 1 amide bonds. The van der Waals surface area contributed by atoms with Crippen molar-refractivity contribution in [1.82, 2.24) is 10.3 Å². The van der Waals surface area contributed by atoms with Crippen LogP contribution in [-0.4, -0.2) is 30.0 Å². The summed E-state index contributed by atoms with van der Waals surface area (Å²) in [6.07, 6.45) is 3.41. The molecule has 5 heteroatoms. The Kier molecular flexibility index (Phi) is 5.04. The molecule has 0 spiro atoms. The summed E-state index contributed by atoms with van der Waals surface area (Å²) >= 11 is 0. The van der Waals surface area contributed by atoms with Crippen LogP contribution in [0.25, 0.3) is 0 Å². The van der Waals surface area contributed by atoms with Crippen molar-refractivity contribution in [2.75, 3.05) is 7.11 Å². The quantitative estimate of drug-likeness (QED) is 0.847. The zero-order valence-corrected chi connectivity index (χ0v) is 11.7. The van der Waals surface area contributed by atoms with Gasteiger partial charge < -0.3 is 10.1 Å². The smallest absolute Gasteiger partial charge is 0.328 e. The van der Waals surface area contributed by atoms with E-state index in [1.165, 1.54) is 13.3 Å². The summed E-state index contributed by atoms with van der Waals surface area (Å²) in [4.78, 5) is 27.8. The Balaban J connectivity index is 2.10. The van der Waals surface area contributed by atoms with Crippen LogP contribution in [-0.2, 0) is 16.0 Å². The van der Waals surface area contributed by atoms with Crippen LogP contribution in [0.5, 0.6) is 0 Å². The maximum Gasteiger partial charge on any atom is 0.328 e. The summed E-state index contributed by atoms with van der Waals surface area (Å²) in [5, 5.41) is 2.68. The number of amides is 1. The van der Waals surface area contributed by atoms with E-state index in [2.05, 4.69) is 10.3 Å². The monoisotopic (exact) mass is 284 g/mol. The van der Waals surface area contributed by atoms with E-state index in [9.17, 15) is 9.59 Å². The molecule has 0 saturated heterocycles. The highest BCUT2D eigenvalue weighted by molar-refractivity contribution is 5.96. The predicted molar refractivity (Wildman–Crippen MR) is 77.7 cm³/mol. The minimum atomic E-state index is -0.731. The van der Waals surface area contributed by atoms with E-state index in [1.807, 2.05) is 30.3 Å². The lowest BCUT2D eigenvalue weighted by Crippen LogP contribution is -2.43. The molecule has 1 heterocycles. The number of methoxy groups -OCH3 is 1. The lowest BCUT2D eigenvalue weighted by atomic mass is 10.1. The molecule has 0 aliphatic carbocycles. The molecule has 0 unspecified atom stereocenters. The molecule has 0 fully saturated rings. The minimum absolute atomic E-state index is 0.352. The van der Waals surface area contributed by atoms with Gasteiger partial charge in [-0.25, -0.2) is 4.79 Å². The van der Waals surface area contributed by atoms with E-state index >= 15 is 0 Å². The molecule has 108 valence electrons. The van der Waals surface area contributed by atoms with E-state index < -0.39 is 12.0 Å². The third-order valence-corrected chi connectivity index (χ3v) is 3.00. The van der Waals surface area contributed by atoms with Crippen LogP contribution in [0.2, 0.25) is 0 Å². The van der Waals surface area contributed by atoms with E-state index in [-0.39, 0.29) is 5.91 Å². The number of nitrogens with one attached hydrogen (secondary N) is 1. The van der Waals surface area contributed by atoms with Crippen LogP contribution in [0.3, 0.4) is 0 Å². The van der Waals surface area contributed by atoms with Crippen molar-refractivity contribution in [2.24, 2.45) is 0 Å². The second kappa shape index (κ2) is 7.19. The minimum Gasteiger partial charge on any atom is -0.467 e. The average molecular weight is 284 g/mol. The van der Waals surface area contributed by atoms with Gasteiger partial charge in [-0.15, -0.1) is 0 Å². The second-order valence-electron chi connectivity index (χ2n) is 4.48. The zero-order chi connectivity index (χ0) is 15.1. The fourth-order valence-electron chi connectivity index (χ4n) is 1.92. The SMILES string of the molecule is COC(=O)[C@@H](Cc1ccccc1)NC(=O)c1cccnc1. The van der Waals surface area contributed by atoms with E-state index in [0.29, 0.717) is 12.0 Å². The van der Waals surface area contributed by atoms with Gasteiger partial charge in [0.1, 0.15) is 6.04 Å². The number of hydrogen-bond acceptors (Lipinski definition) is 4. The Morgan fingerprint density at radius 1 is 1.19 bits per heavy atom. The summed E-state index contributed by atoms with van der Waals surface area (Å²) < 4.78 is 4.75. The Labute approximate surface area is 123 Å². The molecule has 1 aromatic heterocycles. The van der Waals surface area contributed by atoms with Crippen molar-refractivity contribution in [1.29, 1.82) is 0 Å². The van der Waals surface area contributed by atoms with Crippen LogP contribution >= 0.6 is 0 Å². The zero-order valence-electron chi connectivity index (χ0n) is 11.7. The van der Waals surface area contributed by atoms with Crippen LogP contribution in [0.4, 0.5) is 0 Å². The predicted octanol–water partition coefficient (Wildman–Crippen LogP) is 1.60. The lowest BCUT2D eigenvalue weighted by molar-refractivity contribution is -0.142. The summed E-state index contributed by atoms with van der Waals surface area (Å²) in [6, 6.07) is 12.0. The van der Waals surface area contributed by atoms with Crippen molar-refractivity contribution in [3.63, 3.8) is 0 Å². The van der Waals surface area contributed by atoms with Crippen LogP contribution in [0, 0.1) is 0 Å². The molecule has 0 aliphatic heterocycles. The Morgan fingerprint density at radius 2 is 1.95 bits per heavy atom. The Hall–Kier alpha value is -2.69. The van der Waals surface area contributed by atoms with Gasteiger partial charge in [-0.3, -0.25) is 9.78 Å². The van der Waals surface area contributed by atoms with Gasteiger partial charge in [-0.2, -0.15) is 0 Å². The number of esters is 1.